The summed E-state index contributed by atoms with van der Waals surface area (Å²) >= 11 is 0. The van der Waals surface area contributed by atoms with Crippen molar-refractivity contribution in [3.8, 4) is 11.4 Å². The summed E-state index contributed by atoms with van der Waals surface area (Å²) < 4.78 is 7.75. The van der Waals surface area contributed by atoms with Crippen LogP contribution in [0.25, 0.3) is 11.4 Å². The summed E-state index contributed by atoms with van der Waals surface area (Å²) in [4.78, 5) is 16.7. The Kier molecular flexibility index (Phi) is 4.03. The summed E-state index contributed by atoms with van der Waals surface area (Å²) in [5.74, 6) is 1.75. The zero-order valence-corrected chi connectivity index (χ0v) is 13.8. The van der Waals surface area contributed by atoms with E-state index in [-0.39, 0.29) is 12.0 Å². The second kappa shape index (κ2) is 6.33. The van der Waals surface area contributed by atoms with Gasteiger partial charge in [0.05, 0.1) is 13.2 Å². The smallest absolute Gasteiger partial charge is 0.253 e. The second-order valence-electron chi connectivity index (χ2n) is 6.34. The maximum Gasteiger partial charge on any atom is 0.253 e. The average molecular weight is 327 g/mol. The molecule has 1 aromatic carbocycles. The Balaban J connectivity index is 1.51. The first-order valence-corrected chi connectivity index (χ1v) is 8.29. The van der Waals surface area contributed by atoms with Crippen molar-refractivity contribution in [2.75, 3.05) is 33.3 Å². The van der Waals surface area contributed by atoms with Gasteiger partial charge in [0.1, 0.15) is 6.10 Å². The molecule has 0 saturated carbocycles. The van der Waals surface area contributed by atoms with Gasteiger partial charge in [0.15, 0.2) is 11.6 Å². The summed E-state index contributed by atoms with van der Waals surface area (Å²) in [6, 6.07) is 10.0. The van der Waals surface area contributed by atoms with E-state index in [1.807, 2.05) is 42.3 Å². The minimum atomic E-state index is -0.369. The first kappa shape index (κ1) is 15.3. The van der Waals surface area contributed by atoms with Crippen molar-refractivity contribution in [2.45, 2.75) is 19.2 Å². The molecular weight excluding hydrogens is 306 g/mol. The molecule has 1 fully saturated rings. The minimum absolute atomic E-state index is 0.0528. The van der Waals surface area contributed by atoms with Gasteiger partial charge in [-0.05, 0) is 7.05 Å². The van der Waals surface area contributed by atoms with Crippen LogP contribution in [-0.4, -0.2) is 69.9 Å². The van der Waals surface area contributed by atoms with E-state index in [2.05, 4.69) is 19.7 Å². The number of aromatic nitrogens is 3. The molecule has 0 unspecified atom stereocenters. The van der Waals surface area contributed by atoms with Crippen LogP contribution in [0.15, 0.2) is 30.3 Å². The molecule has 7 heteroatoms. The molecule has 24 heavy (non-hydrogen) atoms. The van der Waals surface area contributed by atoms with Crippen molar-refractivity contribution in [3.63, 3.8) is 0 Å². The lowest BCUT2D eigenvalue weighted by atomic mass is 10.2. The maximum atomic E-state index is 12.7. The fourth-order valence-electron chi connectivity index (χ4n) is 3.28. The van der Waals surface area contributed by atoms with Gasteiger partial charge in [0.2, 0.25) is 0 Å². The number of morpholine rings is 1. The topological polar surface area (TPSA) is 63.5 Å². The third kappa shape index (κ3) is 2.81. The van der Waals surface area contributed by atoms with Crippen LogP contribution in [0.4, 0.5) is 0 Å². The van der Waals surface area contributed by atoms with Gasteiger partial charge in [-0.15, -0.1) is 10.2 Å². The minimum Gasteiger partial charge on any atom is -0.366 e. The normalized spacial score (nSPS) is 21.5. The van der Waals surface area contributed by atoms with Crippen LogP contribution in [-0.2, 0) is 22.6 Å². The van der Waals surface area contributed by atoms with Crippen LogP contribution < -0.4 is 0 Å². The van der Waals surface area contributed by atoms with Gasteiger partial charge in [0.25, 0.3) is 5.91 Å². The van der Waals surface area contributed by atoms with Gasteiger partial charge < -0.3 is 19.1 Å². The fourth-order valence-corrected chi connectivity index (χ4v) is 3.28. The van der Waals surface area contributed by atoms with Crippen LogP contribution in [0.2, 0.25) is 0 Å². The number of hydrogen-bond acceptors (Lipinski definition) is 5. The van der Waals surface area contributed by atoms with Gasteiger partial charge in [-0.2, -0.15) is 0 Å². The van der Waals surface area contributed by atoms with Gasteiger partial charge >= 0.3 is 0 Å². The molecule has 0 N–H and O–H groups in total. The van der Waals surface area contributed by atoms with E-state index in [0.717, 1.165) is 23.8 Å². The molecule has 0 bridgehead atoms. The number of fused-ring (bicyclic) bond motifs is 1. The standard InChI is InChI=1S/C17H21N5O2/c1-20-9-10-24-14(11-20)17(23)21-7-8-22-15(12-21)18-19-16(22)13-5-3-2-4-6-13/h2-6,14H,7-12H2,1H3/t14-/m1/s1. The number of likely N-dealkylation sites (N-methyl/N-ethyl adjacent to an activating group) is 1. The Morgan fingerprint density at radius 1 is 1.17 bits per heavy atom. The molecular formula is C17H21N5O2. The van der Waals surface area contributed by atoms with E-state index in [1.165, 1.54) is 0 Å². The van der Waals surface area contributed by atoms with Gasteiger partial charge in [0, 0.05) is 31.7 Å². The van der Waals surface area contributed by atoms with Crippen LogP contribution in [0.3, 0.4) is 0 Å². The Hall–Kier alpha value is -2.25. The number of hydrogen-bond donors (Lipinski definition) is 0. The molecule has 4 rings (SSSR count). The lowest BCUT2D eigenvalue weighted by molar-refractivity contribution is -0.150. The molecule has 1 saturated heterocycles. The zero-order chi connectivity index (χ0) is 16.5. The summed E-state index contributed by atoms with van der Waals surface area (Å²) in [7, 11) is 2.02. The molecule has 2 aliphatic heterocycles. The van der Waals surface area contributed by atoms with E-state index >= 15 is 0 Å². The van der Waals surface area contributed by atoms with Crippen LogP contribution in [0.5, 0.6) is 0 Å². The number of rotatable bonds is 2. The van der Waals surface area contributed by atoms with E-state index in [9.17, 15) is 4.79 Å². The Labute approximate surface area is 140 Å². The average Bonchev–Trinajstić information content (AvgIpc) is 3.05. The molecule has 126 valence electrons. The van der Waals surface area contributed by atoms with Crippen LogP contribution in [0, 0.1) is 0 Å². The van der Waals surface area contributed by atoms with E-state index < -0.39 is 0 Å². The van der Waals surface area contributed by atoms with Gasteiger partial charge in [-0.3, -0.25) is 4.79 Å². The lowest BCUT2D eigenvalue weighted by Gasteiger charge is -2.34. The number of nitrogens with zero attached hydrogens (tertiary/aromatic N) is 5. The third-order valence-corrected chi connectivity index (χ3v) is 4.64. The number of carbonyl (C=O) groups excluding carboxylic acids is 1. The fraction of sp³-hybridized carbons (Fsp3) is 0.471. The summed E-state index contributed by atoms with van der Waals surface area (Å²) in [6.07, 6.45) is -0.369. The molecule has 2 aromatic rings. The van der Waals surface area contributed by atoms with Crippen molar-refractivity contribution >= 4 is 5.91 Å². The predicted octanol–water partition coefficient (Wildman–Crippen LogP) is 0.618. The molecule has 7 nitrogen and oxygen atoms in total. The number of amides is 1. The van der Waals surface area contributed by atoms with Crippen molar-refractivity contribution < 1.29 is 9.53 Å². The SMILES string of the molecule is CN1CCO[C@@H](C(=O)N2CCn3c(nnc3-c3ccccc3)C2)C1. The first-order valence-electron chi connectivity index (χ1n) is 8.29. The highest BCUT2D eigenvalue weighted by molar-refractivity contribution is 5.81. The summed E-state index contributed by atoms with van der Waals surface area (Å²) in [5.41, 5.74) is 1.05. The highest BCUT2D eigenvalue weighted by atomic mass is 16.5. The molecule has 0 spiro atoms. The zero-order valence-electron chi connectivity index (χ0n) is 13.8. The predicted molar refractivity (Wildman–Crippen MR) is 88.1 cm³/mol. The molecule has 0 radical (unpaired) electrons. The Bertz CT molecular complexity index is 730. The molecule has 1 aromatic heterocycles. The Morgan fingerprint density at radius 2 is 2.00 bits per heavy atom. The summed E-state index contributed by atoms with van der Waals surface area (Å²) in [5, 5.41) is 8.62. The first-order chi connectivity index (χ1) is 11.7. The van der Waals surface area contributed by atoms with E-state index in [0.29, 0.717) is 32.8 Å². The van der Waals surface area contributed by atoms with E-state index in [1.54, 1.807) is 0 Å². The molecule has 2 aliphatic rings. The lowest BCUT2D eigenvalue weighted by Crippen LogP contribution is -2.51. The van der Waals surface area contributed by atoms with Crippen molar-refractivity contribution in [1.82, 2.24) is 24.6 Å². The van der Waals surface area contributed by atoms with Crippen LogP contribution >= 0.6 is 0 Å². The molecule has 1 amide bonds. The van der Waals surface area contributed by atoms with E-state index in [4.69, 9.17) is 4.74 Å². The van der Waals surface area contributed by atoms with Gasteiger partial charge in [-0.25, -0.2) is 0 Å². The van der Waals surface area contributed by atoms with Crippen molar-refractivity contribution in [1.29, 1.82) is 0 Å². The quantitative estimate of drug-likeness (QED) is 0.809. The maximum absolute atomic E-state index is 12.7. The number of benzene rings is 1. The highest BCUT2D eigenvalue weighted by Crippen LogP contribution is 2.22. The van der Waals surface area contributed by atoms with Crippen molar-refractivity contribution in [2.24, 2.45) is 0 Å². The largest absolute Gasteiger partial charge is 0.366 e. The van der Waals surface area contributed by atoms with Crippen LogP contribution in [0.1, 0.15) is 5.82 Å². The highest BCUT2D eigenvalue weighted by Gasteiger charge is 2.32. The van der Waals surface area contributed by atoms with Gasteiger partial charge in [-0.1, -0.05) is 30.3 Å². The molecule has 3 heterocycles. The van der Waals surface area contributed by atoms with Crippen molar-refractivity contribution in [3.05, 3.63) is 36.2 Å². The molecule has 1 atom stereocenters. The monoisotopic (exact) mass is 327 g/mol. The second-order valence-corrected chi connectivity index (χ2v) is 6.34. The number of ether oxygens (including phenoxy) is 1. The Morgan fingerprint density at radius 3 is 2.79 bits per heavy atom. The number of carbonyl (C=O) groups is 1. The third-order valence-electron chi connectivity index (χ3n) is 4.64. The summed E-state index contributed by atoms with van der Waals surface area (Å²) in [6.45, 7) is 3.99. The molecule has 0 aliphatic carbocycles.